The minimum atomic E-state index is 0.413. The summed E-state index contributed by atoms with van der Waals surface area (Å²) in [6, 6.07) is 18.4. The van der Waals surface area contributed by atoms with Gasteiger partial charge < -0.3 is 10.2 Å². The zero-order valence-corrected chi connectivity index (χ0v) is 12.2. The minimum absolute atomic E-state index is 0.413. The molecule has 3 heteroatoms. The number of hydrogen-bond donors (Lipinski definition) is 2. The molecule has 3 nitrogen and oxygen atoms in total. The Kier molecular flexibility index (Phi) is 4.74. The minimum Gasteiger partial charge on any atom is -0.490 e. The molecule has 3 rings (SSSR count). The van der Waals surface area contributed by atoms with Crippen LogP contribution in [0.4, 0.5) is 5.69 Å². The average Bonchev–Trinajstić information content (AvgIpc) is 3.02. The molecule has 1 saturated carbocycles. The highest BCUT2D eigenvalue weighted by molar-refractivity contribution is 5.41. The molecule has 0 saturated heterocycles. The Morgan fingerprint density at radius 1 is 0.952 bits per heavy atom. The van der Waals surface area contributed by atoms with Crippen molar-refractivity contribution in [1.29, 1.82) is 0 Å². The maximum Gasteiger partial charge on any atom is 0.120 e. The largest absolute Gasteiger partial charge is 0.490 e. The van der Waals surface area contributed by atoms with Crippen molar-refractivity contribution in [2.24, 2.45) is 0 Å². The Bertz CT molecular complexity index is 550. The summed E-state index contributed by atoms with van der Waals surface area (Å²) in [7, 11) is 0. The number of para-hydroxylation sites is 1. The van der Waals surface area contributed by atoms with Crippen molar-refractivity contribution >= 4 is 5.69 Å². The summed E-state index contributed by atoms with van der Waals surface area (Å²) in [6.45, 7) is 0.761. The Labute approximate surface area is 126 Å². The van der Waals surface area contributed by atoms with Gasteiger partial charge in [-0.3, -0.25) is 0 Å². The maximum absolute atomic E-state index is 6.03. The van der Waals surface area contributed by atoms with E-state index in [4.69, 9.17) is 4.74 Å². The third kappa shape index (κ3) is 4.23. The average molecular weight is 282 g/mol. The smallest absolute Gasteiger partial charge is 0.120 e. The second kappa shape index (κ2) is 7.14. The van der Waals surface area contributed by atoms with Crippen LogP contribution in [0.2, 0.25) is 0 Å². The van der Waals surface area contributed by atoms with Gasteiger partial charge in [0.25, 0.3) is 0 Å². The molecule has 0 amide bonds. The monoisotopic (exact) mass is 282 g/mol. The van der Waals surface area contributed by atoms with Gasteiger partial charge in [-0.2, -0.15) is 0 Å². The van der Waals surface area contributed by atoms with Crippen LogP contribution in [0, 0.1) is 0 Å². The molecular formula is C18H22N2O. The zero-order valence-electron chi connectivity index (χ0n) is 12.2. The summed E-state index contributed by atoms with van der Waals surface area (Å²) in [5.74, 6) is 0.987. The van der Waals surface area contributed by atoms with Crippen LogP contribution in [0.1, 0.15) is 31.2 Å². The molecule has 110 valence electrons. The predicted octanol–water partition coefficient (Wildman–Crippen LogP) is 4.12. The highest BCUT2D eigenvalue weighted by atomic mass is 16.5. The molecule has 0 bridgehead atoms. The van der Waals surface area contributed by atoms with Crippen molar-refractivity contribution in [2.75, 3.05) is 5.43 Å². The fraction of sp³-hybridized carbons (Fsp3) is 0.333. The van der Waals surface area contributed by atoms with E-state index < -0.39 is 0 Å². The Balaban J connectivity index is 1.51. The zero-order chi connectivity index (χ0) is 14.3. The summed E-state index contributed by atoms with van der Waals surface area (Å²) < 4.78 is 6.03. The number of hydrogen-bond acceptors (Lipinski definition) is 3. The van der Waals surface area contributed by atoms with Gasteiger partial charge in [0.2, 0.25) is 0 Å². The number of nitrogens with one attached hydrogen (secondary N) is 2. The van der Waals surface area contributed by atoms with Gasteiger partial charge in [0.15, 0.2) is 0 Å². The molecule has 0 unspecified atom stereocenters. The molecule has 1 fully saturated rings. The van der Waals surface area contributed by atoms with E-state index in [9.17, 15) is 0 Å². The third-order valence-electron chi connectivity index (χ3n) is 3.80. The van der Waals surface area contributed by atoms with E-state index in [1.165, 1.54) is 31.2 Å². The quantitative estimate of drug-likeness (QED) is 0.782. The van der Waals surface area contributed by atoms with E-state index in [-0.39, 0.29) is 0 Å². The lowest BCUT2D eigenvalue weighted by Crippen LogP contribution is -2.20. The first-order valence-electron chi connectivity index (χ1n) is 7.70. The molecule has 21 heavy (non-hydrogen) atoms. The first kappa shape index (κ1) is 14.0. The molecular weight excluding hydrogens is 260 g/mol. The SMILES string of the molecule is c1ccc(NNCc2cccc(OC3CCCC3)c2)cc1. The molecule has 2 aromatic carbocycles. The van der Waals surface area contributed by atoms with Gasteiger partial charge in [-0.1, -0.05) is 30.3 Å². The summed E-state index contributed by atoms with van der Waals surface area (Å²) in [5.41, 5.74) is 8.71. The summed E-state index contributed by atoms with van der Waals surface area (Å²) in [4.78, 5) is 0. The van der Waals surface area contributed by atoms with Crippen molar-refractivity contribution in [3.63, 3.8) is 0 Å². The molecule has 1 aliphatic carbocycles. The molecule has 0 spiro atoms. The van der Waals surface area contributed by atoms with Gasteiger partial charge in [0, 0.05) is 12.2 Å². The molecule has 0 heterocycles. The van der Waals surface area contributed by atoms with E-state index in [0.29, 0.717) is 6.10 Å². The van der Waals surface area contributed by atoms with Gasteiger partial charge in [-0.15, -0.1) is 0 Å². The van der Waals surface area contributed by atoms with Crippen molar-refractivity contribution in [3.05, 3.63) is 60.2 Å². The fourth-order valence-corrected chi connectivity index (χ4v) is 2.70. The molecule has 2 aromatic rings. The number of ether oxygens (including phenoxy) is 1. The number of benzene rings is 2. The summed E-state index contributed by atoms with van der Waals surface area (Å²) >= 11 is 0. The lowest BCUT2D eigenvalue weighted by molar-refractivity contribution is 0.210. The third-order valence-corrected chi connectivity index (χ3v) is 3.80. The summed E-state index contributed by atoms with van der Waals surface area (Å²) in [5, 5.41) is 0. The van der Waals surface area contributed by atoms with E-state index in [1.54, 1.807) is 0 Å². The fourth-order valence-electron chi connectivity index (χ4n) is 2.70. The first-order chi connectivity index (χ1) is 10.4. The van der Waals surface area contributed by atoms with E-state index >= 15 is 0 Å². The van der Waals surface area contributed by atoms with Crippen LogP contribution in [0.15, 0.2) is 54.6 Å². The van der Waals surface area contributed by atoms with Crippen LogP contribution in [-0.4, -0.2) is 6.10 Å². The van der Waals surface area contributed by atoms with Crippen molar-refractivity contribution in [2.45, 2.75) is 38.3 Å². The van der Waals surface area contributed by atoms with Crippen LogP contribution >= 0.6 is 0 Å². The molecule has 0 radical (unpaired) electrons. The first-order valence-corrected chi connectivity index (χ1v) is 7.70. The van der Waals surface area contributed by atoms with Gasteiger partial charge in [0.1, 0.15) is 5.75 Å². The highest BCUT2D eigenvalue weighted by Crippen LogP contribution is 2.24. The van der Waals surface area contributed by atoms with Crippen LogP contribution in [-0.2, 0) is 6.54 Å². The van der Waals surface area contributed by atoms with E-state index in [2.05, 4.69) is 29.1 Å². The maximum atomic E-state index is 6.03. The topological polar surface area (TPSA) is 33.3 Å². The van der Waals surface area contributed by atoms with E-state index in [1.807, 2.05) is 36.4 Å². The normalized spacial score (nSPS) is 15.0. The standard InChI is InChI=1S/C18H22N2O/c1-2-8-16(9-3-1)20-19-14-15-7-6-12-18(13-15)21-17-10-4-5-11-17/h1-3,6-9,12-13,17,19-20H,4-5,10-11,14H2. The lowest BCUT2D eigenvalue weighted by atomic mass is 10.2. The van der Waals surface area contributed by atoms with Crippen LogP contribution in [0.3, 0.4) is 0 Å². The Morgan fingerprint density at radius 2 is 1.76 bits per heavy atom. The molecule has 0 aliphatic heterocycles. The van der Waals surface area contributed by atoms with Gasteiger partial charge in [0.05, 0.1) is 6.10 Å². The second-order valence-electron chi connectivity index (χ2n) is 5.52. The molecule has 1 aliphatic rings. The van der Waals surface area contributed by atoms with Gasteiger partial charge >= 0.3 is 0 Å². The van der Waals surface area contributed by atoms with Crippen molar-refractivity contribution in [3.8, 4) is 5.75 Å². The number of anilines is 1. The second-order valence-corrected chi connectivity index (χ2v) is 5.52. The predicted molar refractivity (Wildman–Crippen MR) is 86.2 cm³/mol. The van der Waals surface area contributed by atoms with Gasteiger partial charge in [-0.05, 0) is 55.5 Å². The number of rotatable bonds is 6. The lowest BCUT2D eigenvalue weighted by Gasteiger charge is -2.14. The molecule has 0 atom stereocenters. The highest BCUT2D eigenvalue weighted by Gasteiger charge is 2.16. The molecule has 0 aromatic heterocycles. The van der Waals surface area contributed by atoms with Crippen LogP contribution in [0.25, 0.3) is 0 Å². The summed E-state index contributed by atoms with van der Waals surface area (Å²) in [6.07, 6.45) is 5.39. The van der Waals surface area contributed by atoms with Crippen molar-refractivity contribution in [1.82, 2.24) is 5.43 Å². The van der Waals surface area contributed by atoms with E-state index in [0.717, 1.165) is 18.0 Å². The Hall–Kier alpha value is -2.00. The van der Waals surface area contributed by atoms with Gasteiger partial charge in [-0.25, -0.2) is 5.43 Å². The van der Waals surface area contributed by atoms with Crippen LogP contribution < -0.4 is 15.6 Å². The Morgan fingerprint density at radius 3 is 2.57 bits per heavy atom. The van der Waals surface area contributed by atoms with Crippen LogP contribution in [0.5, 0.6) is 5.75 Å². The van der Waals surface area contributed by atoms with Crippen molar-refractivity contribution < 1.29 is 4.74 Å². The number of hydrazine groups is 1. The molecule has 2 N–H and O–H groups in total.